The Morgan fingerprint density at radius 2 is 2.00 bits per heavy atom. The van der Waals surface area contributed by atoms with Crippen LogP contribution in [-0.4, -0.2) is 15.2 Å². The molecule has 2 aromatic rings. The fourth-order valence-corrected chi connectivity index (χ4v) is 3.80. The van der Waals surface area contributed by atoms with Gasteiger partial charge in [-0.2, -0.15) is 5.26 Å². The van der Waals surface area contributed by atoms with Crippen LogP contribution in [0.5, 0.6) is 0 Å². The van der Waals surface area contributed by atoms with E-state index in [0.717, 1.165) is 35.0 Å². The highest BCUT2D eigenvalue weighted by molar-refractivity contribution is 7.99. The van der Waals surface area contributed by atoms with Crippen LogP contribution in [-0.2, 0) is 0 Å². The number of aryl methyl sites for hydroxylation is 2. The highest BCUT2D eigenvalue weighted by atomic mass is 32.2. The number of nitriles is 1. The molecule has 1 aliphatic rings. The summed E-state index contributed by atoms with van der Waals surface area (Å²) in [5.41, 5.74) is 2.19. The van der Waals surface area contributed by atoms with E-state index in [1.807, 2.05) is 19.9 Å². The van der Waals surface area contributed by atoms with Crippen LogP contribution in [0.25, 0.3) is 0 Å². The van der Waals surface area contributed by atoms with Gasteiger partial charge in [0.25, 0.3) is 5.22 Å². The summed E-state index contributed by atoms with van der Waals surface area (Å²) < 4.78 is 5.82. The summed E-state index contributed by atoms with van der Waals surface area (Å²) in [6.07, 6.45) is 6.02. The van der Waals surface area contributed by atoms with Gasteiger partial charge in [-0.1, -0.05) is 19.3 Å². The van der Waals surface area contributed by atoms with Crippen LogP contribution in [0.15, 0.2) is 20.6 Å². The van der Waals surface area contributed by atoms with E-state index in [0.29, 0.717) is 16.7 Å². The molecule has 6 heteroatoms. The molecule has 3 rings (SSSR count). The molecule has 0 aromatic carbocycles. The lowest BCUT2D eigenvalue weighted by Crippen LogP contribution is -2.04. The number of nitrogens with zero attached hydrogens (tertiary/aromatic N) is 4. The van der Waals surface area contributed by atoms with E-state index in [1.165, 1.54) is 31.0 Å². The Kier molecular flexibility index (Phi) is 4.44. The van der Waals surface area contributed by atoms with Gasteiger partial charge in [0.1, 0.15) is 6.07 Å². The Balaban J connectivity index is 1.82. The second-order valence-corrected chi connectivity index (χ2v) is 6.67. The van der Waals surface area contributed by atoms with Crippen molar-refractivity contribution in [1.82, 2.24) is 15.2 Å². The van der Waals surface area contributed by atoms with Gasteiger partial charge in [0.05, 0.1) is 11.3 Å². The van der Waals surface area contributed by atoms with Gasteiger partial charge in [0, 0.05) is 16.5 Å². The molecule has 0 spiro atoms. The van der Waals surface area contributed by atoms with Crippen molar-refractivity contribution in [3.8, 4) is 6.07 Å². The minimum atomic E-state index is 0.395. The van der Waals surface area contributed by atoms with Crippen molar-refractivity contribution in [2.45, 2.75) is 62.0 Å². The van der Waals surface area contributed by atoms with E-state index < -0.39 is 0 Å². The zero-order chi connectivity index (χ0) is 15.5. The van der Waals surface area contributed by atoms with Gasteiger partial charge in [-0.05, 0) is 44.5 Å². The van der Waals surface area contributed by atoms with Crippen LogP contribution in [0.4, 0.5) is 0 Å². The molecular weight excluding hydrogens is 296 g/mol. The zero-order valence-electron chi connectivity index (χ0n) is 12.8. The SMILES string of the molecule is Cc1cc(Sc2nnc(C3CCCCC3)o2)c(C#N)c(C)n1. The maximum absolute atomic E-state index is 9.31. The third kappa shape index (κ3) is 3.14. The summed E-state index contributed by atoms with van der Waals surface area (Å²) >= 11 is 1.35. The Morgan fingerprint density at radius 1 is 1.23 bits per heavy atom. The lowest BCUT2D eigenvalue weighted by molar-refractivity contribution is 0.334. The third-order valence-electron chi connectivity index (χ3n) is 3.98. The maximum Gasteiger partial charge on any atom is 0.281 e. The molecule has 1 saturated carbocycles. The fraction of sp³-hybridized carbons (Fsp3) is 0.500. The van der Waals surface area contributed by atoms with Gasteiger partial charge in [-0.3, -0.25) is 4.98 Å². The summed E-state index contributed by atoms with van der Waals surface area (Å²) in [5, 5.41) is 18.1. The molecule has 114 valence electrons. The number of aromatic nitrogens is 3. The van der Waals surface area contributed by atoms with Crippen LogP contribution in [0.1, 0.15) is 60.9 Å². The minimum Gasteiger partial charge on any atom is -0.415 e. The largest absolute Gasteiger partial charge is 0.415 e. The first-order valence-electron chi connectivity index (χ1n) is 7.57. The van der Waals surface area contributed by atoms with Crippen LogP contribution >= 0.6 is 11.8 Å². The Labute approximate surface area is 134 Å². The van der Waals surface area contributed by atoms with Crippen LogP contribution in [0.2, 0.25) is 0 Å². The molecular formula is C16H18N4OS. The summed E-state index contributed by atoms with van der Waals surface area (Å²) in [4.78, 5) is 5.15. The second kappa shape index (κ2) is 6.49. The second-order valence-electron chi connectivity index (χ2n) is 5.68. The van der Waals surface area contributed by atoms with Crippen molar-refractivity contribution in [3.05, 3.63) is 28.9 Å². The van der Waals surface area contributed by atoms with E-state index in [1.54, 1.807) is 0 Å². The first-order valence-corrected chi connectivity index (χ1v) is 8.38. The van der Waals surface area contributed by atoms with E-state index in [-0.39, 0.29) is 0 Å². The lowest BCUT2D eigenvalue weighted by atomic mass is 9.89. The van der Waals surface area contributed by atoms with Crippen molar-refractivity contribution in [2.75, 3.05) is 0 Å². The predicted molar refractivity (Wildman–Crippen MR) is 82.7 cm³/mol. The van der Waals surface area contributed by atoms with E-state index in [2.05, 4.69) is 21.3 Å². The van der Waals surface area contributed by atoms with Crippen molar-refractivity contribution >= 4 is 11.8 Å². The first-order chi connectivity index (χ1) is 10.7. The summed E-state index contributed by atoms with van der Waals surface area (Å²) in [6, 6.07) is 4.10. The summed E-state index contributed by atoms with van der Waals surface area (Å²) in [7, 11) is 0. The van der Waals surface area contributed by atoms with Crippen LogP contribution < -0.4 is 0 Å². The summed E-state index contributed by atoms with van der Waals surface area (Å²) in [5.74, 6) is 1.13. The molecule has 0 atom stereocenters. The fourth-order valence-electron chi connectivity index (χ4n) is 2.88. The molecule has 0 amide bonds. The quantitative estimate of drug-likeness (QED) is 0.847. The normalized spacial score (nSPS) is 15.7. The van der Waals surface area contributed by atoms with E-state index in [9.17, 15) is 5.26 Å². The molecule has 5 nitrogen and oxygen atoms in total. The predicted octanol–water partition coefficient (Wildman–Crippen LogP) is 4.15. The van der Waals surface area contributed by atoms with Gasteiger partial charge in [-0.15, -0.1) is 10.2 Å². The molecule has 22 heavy (non-hydrogen) atoms. The number of hydrogen-bond acceptors (Lipinski definition) is 6. The lowest BCUT2D eigenvalue weighted by Gasteiger charge is -2.17. The number of hydrogen-bond donors (Lipinski definition) is 0. The third-order valence-corrected chi connectivity index (χ3v) is 4.86. The molecule has 0 bridgehead atoms. The molecule has 1 aliphatic carbocycles. The van der Waals surface area contributed by atoms with Crippen molar-refractivity contribution in [3.63, 3.8) is 0 Å². The number of pyridine rings is 1. The zero-order valence-corrected chi connectivity index (χ0v) is 13.6. The molecule has 2 heterocycles. The summed E-state index contributed by atoms with van der Waals surface area (Å²) in [6.45, 7) is 3.76. The minimum absolute atomic E-state index is 0.395. The first kappa shape index (κ1) is 15.0. The van der Waals surface area contributed by atoms with Crippen molar-refractivity contribution in [1.29, 1.82) is 5.26 Å². The monoisotopic (exact) mass is 314 g/mol. The van der Waals surface area contributed by atoms with Gasteiger partial charge in [0.2, 0.25) is 5.89 Å². The smallest absolute Gasteiger partial charge is 0.281 e. The Hall–Kier alpha value is -1.87. The highest BCUT2D eigenvalue weighted by Gasteiger charge is 2.22. The maximum atomic E-state index is 9.31. The Morgan fingerprint density at radius 3 is 2.73 bits per heavy atom. The standard InChI is InChI=1S/C16H18N4OS/c1-10-8-14(13(9-17)11(2)18-10)22-16-20-19-15(21-16)12-6-4-3-5-7-12/h8,12H,3-7H2,1-2H3. The molecule has 0 radical (unpaired) electrons. The topological polar surface area (TPSA) is 75.6 Å². The molecule has 1 fully saturated rings. The molecule has 0 unspecified atom stereocenters. The molecule has 0 saturated heterocycles. The van der Waals surface area contributed by atoms with Gasteiger partial charge >= 0.3 is 0 Å². The van der Waals surface area contributed by atoms with Crippen molar-refractivity contribution < 1.29 is 4.42 Å². The van der Waals surface area contributed by atoms with Gasteiger partial charge in [0.15, 0.2) is 0 Å². The van der Waals surface area contributed by atoms with Gasteiger partial charge < -0.3 is 4.42 Å². The van der Waals surface area contributed by atoms with E-state index >= 15 is 0 Å². The molecule has 0 N–H and O–H groups in total. The van der Waals surface area contributed by atoms with Gasteiger partial charge in [-0.25, -0.2) is 0 Å². The Bertz CT molecular complexity index is 713. The highest BCUT2D eigenvalue weighted by Crippen LogP contribution is 2.35. The van der Waals surface area contributed by atoms with E-state index in [4.69, 9.17) is 4.42 Å². The van der Waals surface area contributed by atoms with Crippen LogP contribution in [0, 0.1) is 25.2 Å². The average Bonchev–Trinajstić information content (AvgIpc) is 2.96. The average molecular weight is 314 g/mol. The number of rotatable bonds is 3. The van der Waals surface area contributed by atoms with Crippen LogP contribution in [0.3, 0.4) is 0 Å². The molecule has 0 aliphatic heterocycles. The molecule has 2 aromatic heterocycles. The van der Waals surface area contributed by atoms with Crippen molar-refractivity contribution in [2.24, 2.45) is 0 Å².